The molecule has 0 radical (unpaired) electrons. The van der Waals surface area contributed by atoms with Crippen molar-refractivity contribution in [3.8, 4) is 0 Å². The Morgan fingerprint density at radius 3 is 2.47 bits per heavy atom. The van der Waals surface area contributed by atoms with Crippen LogP contribution >= 0.6 is 0 Å². The van der Waals surface area contributed by atoms with Crippen LogP contribution in [0.2, 0.25) is 0 Å². The Morgan fingerprint density at radius 1 is 1.29 bits per heavy atom. The van der Waals surface area contributed by atoms with Gasteiger partial charge >= 0.3 is 0 Å². The van der Waals surface area contributed by atoms with Gasteiger partial charge in [-0.25, -0.2) is 0 Å². The highest BCUT2D eigenvalue weighted by molar-refractivity contribution is 5.94. The van der Waals surface area contributed by atoms with E-state index in [-0.39, 0.29) is 17.4 Å². The first-order chi connectivity index (χ1) is 7.78. The zero-order valence-corrected chi connectivity index (χ0v) is 11.5. The number of benzene rings is 1. The summed E-state index contributed by atoms with van der Waals surface area (Å²) >= 11 is 0. The van der Waals surface area contributed by atoms with E-state index in [4.69, 9.17) is 0 Å². The lowest BCUT2D eigenvalue weighted by molar-refractivity contribution is 0.0943. The monoisotopic (exact) mass is 233 g/mol. The molecule has 0 atom stereocenters. The molecule has 0 aliphatic heterocycles. The van der Waals surface area contributed by atoms with Gasteiger partial charge in [0.15, 0.2) is 0 Å². The zero-order valence-electron chi connectivity index (χ0n) is 11.5. The minimum Gasteiger partial charge on any atom is -0.350 e. The number of carbonyl (C=O) groups excluding carboxylic acids is 1. The molecule has 0 aliphatic carbocycles. The van der Waals surface area contributed by atoms with Gasteiger partial charge in [-0.1, -0.05) is 32.9 Å². The molecule has 0 spiro atoms. The quantitative estimate of drug-likeness (QED) is 0.851. The summed E-state index contributed by atoms with van der Waals surface area (Å²) in [5.41, 5.74) is 2.21. The van der Waals surface area contributed by atoms with Gasteiger partial charge in [0.1, 0.15) is 0 Å². The van der Waals surface area contributed by atoms with Crippen molar-refractivity contribution in [2.75, 3.05) is 0 Å². The third kappa shape index (κ3) is 5.03. The fourth-order valence-electron chi connectivity index (χ4n) is 1.78. The molecule has 2 heteroatoms. The van der Waals surface area contributed by atoms with Crippen molar-refractivity contribution in [2.45, 2.75) is 47.1 Å². The number of rotatable bonds is 3. The first kappa shape index (κ1) is 13.8. The summed E-state index contributed by atoms with van der Waals surface area (Å²) < 4.78 is 0. The van der Waals surface area contributed by atoms with E-state index in [1.165, 1.54) is 5.56 Å². The maximum absolute atomic E-state index is 11.9. The van der Waals surface area contributed by atoms with E-state index in [0.717, 1.165) is 12.0 Å². The van der Waals surface area contributed by atoms with Crippen molar-refractivity contribution < 1.29 is 4.79 Å². The first-order valence-corrected chi connectivity index (χ1v) is 6.18. The summed E-state index contributed by atoms with van der Waals surface area (Å²) in [6.07, 6.45) is 0.982. The summed E-state index contributed by atoms with van der Waals surface area (Å²) in [5.74, 6) is 0.00996. The average Bonchev–Trinajstić information content (AvgIpc) is 2.14. The molecule has 0 saturated carbocycles. The maximum atomic E-state index is 11.9. The number of nitrogens with one attached hydrogen (secondary N) is 1. The van der Waals surface area contributed by atoms with Crippen molar-refractivity contribution in [1.82, 2.24) is 5.32 Å². The van der Waals surface area contributed by atoms with Crippen LogP contribution in [-0.2, 0) is 6.42 Å². The second-order valence-corrected chi connectivity index (χ2v) is 6.07. The molecule has 1 aromatic carbocycles. The summed E-state index contributed by atoms with van der Waals surface area (Å²) in [7, 11) is 0. The van der Waals surface area contributed by atoms with Crippen LogP contribution < -0.4 is 5.32 Å². The van der Waals surface area contributed by atoms with Gasteiger partial charge in [-0.2, -0.15) is 0 Å². The Labute approximate surface area is 104 Å². The number of carbonyl (C=O) groups is 1. The second-order valence-electron chi connectivity index (χ2n) is 6.07. The molecule has 0 heterocycles. The largest absolute Gasteiger partial charge is 0.350 e. The Hall–Kier alpha value is -1.31. The van der Waals surface area contributed by atoms with Gasteiger partial charge in [-0.05, 0) is 43.4 Å². The van der Waals surface area contributed by atoms with Gasteiger partial charge in [-0.3, -0.25) is 4.79 Å². The molecule has 0 unspecified atom stereocenters. The standard InChI is InChI=1S/C15H23NO/c1-11(2)16-14(17)13-8-6-7-12(9-13)10-15(3,4)5/h6-9,11H,10H2,1-5H3,(H,16,17). The van der Waals surface area contributed by atoms with Gasteiger partial charge in [0.25, 0.3) is 5.91 Å². The van der Waals surface area contributed by atoms with Crippen LogP contribution in [-0.4, -0.2) is 11.9 Å². The van der Waals surface area contributed by atoms with Crippen LogP contribution in [0.1, 0.15) is 50.5 Å². The molecule has 1 N–H and O–H groups in total. The number of hydrogen-bond acceptors (Lipinski definition) is 1. The van der Waals surface area contributed by atoms with Gasteiger partial charge in [0.2, 0.25) is 0 Å². The van der Waals surface area contributed by atoms with Crippen molar-refractivity contribution in [3.63, 3.8) is 0 Å². The van der Waals surface area contributed by atoms with E-state index < -0.39 is 0 Å². The molecule has 0 bridgehead atoms. The lowest BCUT2D eigenvalue weighted by atomic mass is 9.87. The van der Waals surface area contributed by atoms with Crippen LogP contribution in [0.5, 0.6) is 0 Å². The Morgan fingerprint density at radius 2 is 1.94 bits per heavy atom. The molecule has 0 fully saturated rings. The SMILES string of the molecule is CC(C)NC(=O)c1cccc(CC(C)(C)C)c1. The van der Waals surface area contributed by atoms with Gasteiger partial charge in [0, 0.05) is 11.6 Å². The average molecular weight is 233 g/mol. The third-order valence-corrected chi connectivity index (χ3v) is 2.34. The second kappa shape index (κ2) is 5.35. The van der Waals surface area contributed by atoms with E-state index in [9.17, 15) is 4.79 Å². The van der Waals surface area contributed by atoms with Crippen LogP contribution in [0.4, 0.5) is 0 Å². The Kier molecular flexibility index (Phi) is 4.33. The molecular formula is C15H23NO. The summed E-state index contributed by atoms with van der Waals surface area (Å²) in [4.78, 5) is 11.9. The Bertz CT molecular complexity index is 388. The topological polar surface area (TPSA) is 29.1 Å². The molecule has 0 aromatic heterocycles. The molecule has 1 aromatic rings. The van der Waals surface area contributed by atoms with Gasteiger partial charge in [-0.15, -0.1) is 0 Å². The molecule has 1 rings (SSSR count). The third-order valence-electron chi connectivity index (χ3n) is 2.34. The van der Waals surface area contributed by atoms with Gasteiger partial charge in [0.05, 0.1) is 0 Å². The van der Waals surface area contributed by atoms with E-state index in [2.05, 4.69) is 32.2 Å². The summed E-state index contributed by atoms with van der Waals surface area (Å²) in [5, 5.41) is 2.91. The van der Waals surface area contributed by atoms with Gasteiger partial charge < -0.3 is 5.32 Å². The summed E-state index contributed by atoms with van der Waals surface area (Å²) in [6, 6.07) is 8.06. The molecule has 0 saturated heterocycles. The lowest BCUT2D eigenvalue weighted by Gasteiger charge is -2.18. The molecule has 1 amide bonds. The molecule has 0 aliphatic rings. The number of amides is 1. The molecule has 2 nitrogen and oxygen atoms in total. The Balaban J connectivity index is 2.82. The van der Waals surface area contributed by atoms with E-state index in [0.29, 0.717) is 0 Å². The highest BCUT2D eigenvalue weighted by Crippen LogP contribution is 2.21. The van der Waals surface area contributed by atoms with Crippen LogP contribution in [0.25, 0.3) is 0 Å². The molecule has 17 heavy (non-hydrogen) atoms. The lowest BCUT2D eigenvalue weighted by Crippen LogP contribution is -2.30. The minimum atomic E-state index is 0.00996. The maximum Gasteiger partial charge on any atom is 0.251 e. The highest BCUT2D eigenvalue weighted by atomic mass is 16.1. The highest BCUT2D eigenvalue weighted by Gasteiger charge is 2.13. The van der Waals surface area contributed by atoms with E-state index in [1.807, 2.05) is 32.0 Å². The zero-order chi connectivity index (χ0) is 13.1. The van der Waals surface area contributed by atoms with Crippen molar-refractivity contribution in [3.05, 3.63) is 35.4 Å². The van der Waals surface area contributed by atoms with Crippen molar-refractivity contribution in [2.24, 2.45) is 5.41 Å². The van der Waals surface area contributed by atoms with Crippen LogP contribution in [0.15, 0.2) is 24.3 Å². The fourth-order valence-corrected chi connectivity index (χ4v) is 1.78. The molecule has 94 valence electrons. The predicted octanol–water partition coefficient (Wildman–Crippen LogP) is 3.41. The smallest absolute Gasteiger partial charge is 0.251 e. The van der Waals surface area contributed by atoms with Crippen molar-refractivity contribution in [1.29, 1.82) is 0 Å². The predicted molar refractivity (Wildman–Crippen MR) is 72.2 cm³/mol. The van der Waals surface area contributed by atoms with E-state index in [1.54, 1.807) is 0 Å². The van der Waals surface area contributed by atoms with Crippen molar-refractivity contribution >= 4 is 5.91 Å². The van der Waals surface area contributed by atoms with E-state index >= 15 is 0 Å². The van der Waals surface area contributed by atoms with Crippen LogP contribution in [0.3, 0.4) is 0 Å². The normalized spacial score (nSPS) is 11.6. The summed E-state index contributed by atoms with van der Waals surface area (Å²) in [6.45, 7) is 10.5. The molecular weight excluding hydrogens is 210 g/mol. The first-order valence-electron chi connectivity index (χ1n) is 6.18. The fraction of sp³-hybridized carbons (Fsp3) is 0.533. The number of hydrogen-bond donors (Lipinski definition) is 1. The van der Waals surface area contributed by atoms with Crippen LogP contribution in [0, 0.1) is 5.41 Å². The minimum absolute atomic E-state index is 0.00996.